The Kier molecular flexibility index (Phi) is 8.47. The first kappa shape index (κ1) is 22.7. The van der Waals surface area contributed by atoms with Crippen LogP contribution >= 0.6 is 0 Å². The summed E-state index contributed by atoms with van der Waals surface area (Å²) in [6.45, 7) is 0. The van der Waals surface area contributed by atoms with E-state index in [-0.39, 0.29) is 36.1 Å². The number of hydrogen-bond acceptors (Lipinski definition) is 4. The van der Waals surface area contributed by atoms with Crippen molar-refractivity contribution in [2.75, 3.05) is 9.23 Å². The molecule has 2 aliphatic heterocycles. The molecule has 8 heteroatoms. The van der Waals surface area contributed by atoms with Crippen LogP contribution in [0.25, 0.3) is 12.2 Å². The molecule has 27 heavy (non-hydrogen) atoms. The number of phenols is 1. The standard InChI is InChI=1S/C12H9N2.C7H6O3.2ClH.Cu/c1-3-9-5-6-10-4-2-8-14-12(10)11(9)13-7-1;8-6-4-2-1-3-5(6)7(9)10;;;/h1-8,13H;1-4,8H,(H,9,10);2*1H;/q-1;;;;+3/p-2. The van der Waals surface area contributed by atoms with Crippen molar-refractivity contribution in [2.45, 2.75) is 0 Å². The van der Waals surface area contributed by atoms with Crippen LogP contribution in [0.3, 0.4) is 0 Å². The Morgan fingerprint density at radius 2 is 1.67 bits per heavy atom. The summed E-state index contributed by atoms with van der Waals surface area (Å²) in [5.41, 5.74) is 2.07. The minimum absolute atomic E-state index is 0. The van der Waals surface area contributed by atoms with Crippen LogP contribution < -0.4 is 44.5 Å². The molecular weight excluding hydrogens is 439 g/mol. The van der Waals surface area contributed by atoms with Crippen LogP contribution in [0.2, 0.25) is 0 Å². The van der Waals surface area contributed by atoms with Crippen LogP contribution in [0.4, 0.5) is 11.4 Å². The van der Waals surface area contributed by atoms with Gasteiger partial charge >= 0.3 is 102 Å². The Bertz CT molecular complexity index is 1010. The Labute approximate surface area is 177 Å². The molecule has 0 radical (unpaired) electrons. The number of allylic oxidation sites excluding steroid dienone is 2. The maximum absolute atomic E-state index is 10.3. The van der Waals surface area contributed by atoms with Crippen molar-refractivity contribution >= 4 is 29.5 Å². The van der Waals surface area contributed by atoms with Crippen molar-refractivity contribution in [3.05, 3.63) is 77.0 Å². The number of aromatic carboxylic acids is 1. The van der Waals surface area contributed by atoms with Crippen molar-refractivity contribution in [1.29, 1.82) is 0 Å². The summed E-state index contributed by atoms with van der Waals surface area (Å²) in [6, 6.07) is 10.00. The minimum atomic E-state index is -1.11. The van der Waals surface area contributed by atoms with E-state index in [0.717, 1.165) is 16.6 Å². The molecule has 0 fully saturated rings. The fourth-order valence-corrected chi connectivity index (χ4v) is 2.80. The van der Waals surface area contributed by atoms with E-state index < -0.39 is 5.97 Å². The quantitative estimate of drug-likeness (QED) is 0.385. The number of anilines is 2. The van der Waals surface area contributed by atoms with Crippen molar-refractivity contribution in [3.8, 4) is 5.75 Å². The summed E-state index contributed by atoms with van der Waals surface area (Å²) in [6.07, 6.45) is 11.9. The molecule has 0 saturated heterocycles. The molecule has 0 spiro atoms. The first-order valence-electron chi connectivity index (χ1n) is 7.46. The van der Waals surface area contributed by atoms with Gasteiger partial charge in [0.05, 0.1) is 0 Å². The van der Waals surface area contributed by atoms with Gasteiger partial charge in [-0.3, -0.25) is 0 Å². The predicted molar refractivity (Wildman–Crippen MR) is 94.1 cm³/mol. The summed E-state index contributed by atoms with van der Waals surface area (Å²) < 4.78 is 1.71. The zero-order chi connectivity index (χ0) is 17.8. The maximum atomic E-state index is 10.3. The Balaban J connectivity index is 0.000000271. The van der Waals surface area contributed by atoms with E-state index in [1.165, 1.54) is 17.4 Å². The Morgan fingerprint density at radius 3 is 2.33 bits per heavy atom. The molecule has 2 heterocycles. The number of benzene rings is 2. The molecular formula is C19H15Cl2CuN2O3. The van der Waals surface area contributed by atoms with Crippen LogP contribution in [0.1, 0.15) is 10.4 Å². The van der Waals surface area contributed by atoms with E-state index in [1.54, 1.807) is 16.0 Å². The van der Waals surface area contributed by atoms with Gasteiger partial charge in [0.15, 0.2) is 0 Å². The summed E-state index contributed by atoms with van der Waals surface area (Å²) in [7, 11) is 0. The molecule has 0 unspecified atom stereocenters. The number of halogens is 2. The molecule has 3 N–H and O–H groups in total. The summed E-state index contributed by atoms with van der Waals surface area (Å²) >= 11 is 5.44. The van der Waals surface area contributed by atoms with Gasteiger partial charge in [-0.25, -0.2) is 4.79 Å². The van der Waals surface area contributed by atoms with Gasteiger partial charge in [-0.2, -0.15) is 0 Å². The summed E-state index contributed by atoms with van der Waals surface area (Å²) in [5.74, 6) is -1.31. The number of fused-ring (bicyclic) bond motifs is 3. The second-order valence-corrected chi connectivity index (χ2v) is 5.70. The first-order valence-corrected chi connectivity index (χ1v) is 7.88. The van der Waals surface area contributed by atoms with Crippen LogP contribution in [0.5, 0.6) is 5.75 Å². The van der Waals surface area contributed by atoms with Crippen LogP contribution in [0, 0.1) is 0 Å². The third-order valence-electron chi connectivity index (χ3n) is 3.65. The molecule has 0 aliphatic carbocycles. The van der Waals surface area contributed by atoms with E-state index in [4.69, 9.17) is 26.4 Å². The zero-order valence-corrected chi connectivity index (χ0v) is 16.2. The van der Waals surface area contributed by atoms with Crippen molar-refractivity contribution in [2.24, 2.45) is 0 Å². The number of nitrogens with one attached hydrogen (secondary N) is 1. The van der Waals surface area contributed by atoms with Crippen LogP contribution in [0.15, 0.2) is 61.0 Å². The van der Waals surface area contributed by atoms with Crippen molar-refractivity contribution < 1.29 is 56.1 Å². The van der Waals surface area contributed by atoms with Gasteiger partial charge in [0.25, 0.3) is 0 Å². The summed E-state index contributed by atoms with van der Waals surface area (Å²) in [4.78, 5) is 10.3. The number of aromatic hydroxyl groups is 1. The third-order valence-corrected chi connectivity index (χ3v) is 4.00. The number of carboxylic acids is 1. The molecule has 0 aromatic heterocycles. The molecule has 2 aliphatic rings. The number of para-hydroxylation sites is 1. The Morgan fingerprint density at radius 1 is 1.00 bits per heavy atom. The molecule has 0 atom stereocenters. The second-order valence-electron chi connectivity index (χ2n) is 5.24. The predicted octanol–water partition coefficient (Wildman–Crippen LogP) is -3.92. The van der Waals surface area contributed by atoms with E-state index in [1.807, 2.05) is 24.6 Å². The number of rotatable bonds is 1. The SMILES string of the molecule is O=C(O)c1ccccc1O.[Cl-].[Cl-].[Cu+2][N]1C=CC=c2ccc3c(c21)NC=CC=3. The molecule has 5 nitrogen and oxygen atoms in total. The zero-order valence-electron chi connectivity index (χ0n) is 13.7. The average Bonchev–Trinajstić information content (AvgIpc) is 2.62. The average molecular weight is 454 g/mol. The van der Waals surface area contributed by atoms with Crippen molar-refractivity contribution in [3.63, 3.8) is 0 Å². The fraction of sp³-hybridized carbons (Fsp3) is 0. The molecule has 144 valence electrons. The van der Waals surface area contributed by atoms with Gasteiger partial charge in [0.1, 0.15) is 11.3 Å². The van der Waals surface area contributed by atoms with Gasteiger partial charge in [0.2, 0.25) is 0 Å². The third kappa shape index (κ3) is 5.08. The van der Waals surface area contributed by atoms with Crippen LogP contribution in [-0.4, -0.2) is 16.2 Å². The van der Waals surface area contributed by atoms with Gasteiger partial charge in [-0.15, -0.1) is 0 Å². The van der Waals surface area contributed by atoms with Crippen LogP contribution in [-0.2, 0) is 16.2 Å². The molecule has 0 saturated carbocycles. The van der Waals surface area contributed by atoms with E-state index >= 15 is 0 Å². The second kappa shape index (κ2) is 10.1. The van der Waals surface area contributed by atoms with E-state index in [9.17, 15) is 4.79 Å². The number of nitrogens with zero attached hydrogens (tertiary/aromatic N) is 1. The van der Waals surface area contributed by atoms with Crippen molar-refractivity contribution in [1.82, 2.24) is 0 Å². The normalized spacial score (nSPS) is 12.3. The number of hydrogen-bond donors (Lipinski definition) is 3. The number of carbonyl (C=O) groups is 1. The fourth-order valence-electron chi connectivity index (χ4n) is 2.49. The van der Waals surface area contributed by atoms with Gasteiger partial charge in [0, 0.05) is 0 Å². The monoisotopic (exact) mass is 452 g/mol. The molecule has 0 bridgehead atoms. The van der Waals surface area contributed by atoms with E-state index in [0.29, 0.717) is 0 Å². The van der Waals surface area contributed by atoms with Gasteiger partial charge in [-0.05, 0) is 12.1 Å². The Hall–Kier alpha value is -2.37. The van der Waals surface area contributed by atoms with Gasteiger partial charge < -0.3 is 35.0 Å². The van der Waals surface area contributed by atoms with E-state index in [2.05, 4.69) is 29.6 Å². The topological polar surface area (TPSA) is 72.8 Å². The summed E-state index contributed by atoms with van der Waals surface area (Å²) in [5, 5.41) is 22.9. The molecule has 2 aromatic rings. The first-order chi connectivity index (χ1) is 12.1. The molecule has 4 rings (SSSR count). The van der Waals surface area contributed by atoms with Gasteiger partial charge in [-0.1, -0.05) is 12.1 Å². The molecule has 2 aromatic carbocycles. The molecule has 0 amide bonds. The number of carboxylic acid groups (broad SMARTS) is 1.